The van der Waals surface area contributed by atoms with Gasteiger partial charge >= 0.3 is 5.97 Å². The number of hydrogen-bond donors (Lipinski definition) is 1. The fourth-order valence-electron chi connectivity index (χ4n) is 2.66. The molecule has 0 bridgehead atoms. The number of hydrogen-bond acceptors (Lipinski definition) is 2. The maximum Gasteiger partial charge on any atom is 0.307 e. The van der Waals surface area contributed by atoms with E-state index in [0.717, 1.165) is 23.9 Å². The van der Waals surface area contributed by atoms with Crippen LogP contribution in [0.3, 0.4) is 0 Å². The van der Waals surface area contributed by atoms with E-state index in [1.807, 2.05) is 12.1 Å². The van der Waals surface area contributed by atoms with Crippen LogP contribution in [0, 0.1) is 5.92 Å². The Morgan fingerprint density at radius 3 is 2.67 bits per heavy atom. The molecule has 1 heterocycles. The minimum absolute atomic E-state index is 0.200. The number of carboxylic acids is 1. The number of aliphatic carboxylic acids is 1. The SMILES string of the molecule is CC[C@@H](c1ccc(Br)cc1)N1CC[C@H](C(=O)O)C1. The van der Waals surface area contributed by atoms with Crippen LogP contribution >= 0.6 is 15.9 Å². The van der Waals surface area contributed by atoms with E-state index in [1.165, 1.54) is 5.56 Å². The second-order valence-corrected chi connectivity index (χ2v) is 5.71. The maximum atomic E-state index is 11.0. The zero-order valence-electron chi connectivity index (χ0n) is 10.5. The summed E-state index contributed by atoms with van der Waals surface area (Å²) in [6, 6.07) is 8.66. The monoisotopic (exact) mass is 311 g/mol. The minimum Gasteiger partial charge on any atom is -0.481 e. The molecule has 1 aromatic carbocycles. The van der Waals surface area contributed by atoms with Crippen LogP contribution in [0.2, 0.25) is 0 Å². The Hall–Kier alpha value is -0.870. The summed E-state index contributed by atoms with van der Waals surface area (Å²) in [7, 11) is 0. The molecule has 98 valence electrons. The Bertz CT molecular complexity index is 418. The zero-order valence-corrected chi connectivity index (χ0v) is 12.1. The largest absolute Gasteiger partial charge is 0.481 e. The number of benzene rings is 1. The van der Waals surface area contributed by atoms with E-state index < -0.39 is 5.97 Å². The van der Waals surface area contributed by atoms with Crippen LogP contribution in [0.1, 0.15) is 31.4 Å². The van der Waals surface area contributed by atoms with Gasteiger partial charge in [-0.25, -0.2) is 0 Å². The van der Waals surface area contributed by atoms with Crippen molar-refractivity contribution in [2.75, 3.05) is 13.1 Å². The summed E-state index contributed by atoms with van der Waals surface area (Å²) in [5.41, 5.74) is 1.27. The van der Waals surface area contributed by atoms with Gasteiger partial charge in [0.15, 0.2) is 0 Å². The smallest absolute Gasteiger partial charge is 0.307 e. The highest BCUT2D eigenvalue weighted by Crippen LogP contribution is 2.30. The standard InChI is InChI=1S/C14H18BrNO2/c1-2-13(10-3-5-12(15)6-4-10)16-8-7-11(9-16)14(17)18/h3-6,11,13H,2,7-9H2,1H3,(H,17,18)/t11-,13-/m0/s1. The molecule has 0 aliphatic carbocycles. The molecular weight excluding hydrogens is 294 g/mol. The second kappa shape index (κ2) is 5.85. The average Bonchev–Trinajstić information content (AvgIpc) is 2.82. The lowest BCUT2D eigenvalue weighted by atomic mass is 10.0. The van der Waals surface area contributed by atoms with Crippen LogP contribution in [-0.2, 0) is 4.79 Å². The van der Waals surface area contributed by atoms with Gasteiger partial charge in [0.05, 0.1) is 5.92 Å². The molecule has 0 saturated carbocycles. The van der Waals surface area contributed by atoms with Crippen molar-refractivity contribution in [1.29, 1.82) is 0 Å². The lowest BCUT2D eigenvalue weighted by molar-refractivity contribution is -0.141. The molecule has 2 rings (SSSR count). The molecular formula is C14H18BrNO2. The van der Waals surface area contributed by atoms with Gasteiger partial charge in [-0.15, -0.1) is 0 Å². The molecule has 1 N–H and O–H groups in total. The predicted octanol–water partition coefficient (Wildman–Crippen LogP) is 3.31. The average molecular weight is 312 g/mol. The number of likely N-dealkylation sites (tertiary alicyclic amines) is 1. The van der Waals surface area contributed by atoms with E-state index in [4.69, 9.17) is 5.11 Å². The topological polar surface area (TPSA) is 40.5 Å². The van der Waals surface area contributed by atoms with Gasteiger partial charge in [0.1, 0.15) is 0 Å². The third-order valence-electron chi connectivity index (χ3n) is 3.65. The highest BCUT2D eigenvalue weighted by Gasteiger charge is 2.31. The molecule has 18 heavy (non-hydrogen) atoms. The van der Waals surface area contributed by atoms with Crippen LogP contribution in [-0.4, -0.2) is 29.1 Å². The summed E-state index contributed by atoms with van der Waals surface area (Å²) >= 11 is 3.44. The fourth-order valence-corrected chi connectivity index (χ4v) is 2.93. The fraction of sp³-hybridized carbons (Fsp3) is 0.500. The van der Waals surface area contributed by atoms with Gasteiger partial charge in [-0.2, -0.15) is 0 Å². The first-order chi connectivity index (χ1) is 8.61. The summed E-state index contributed by atoms with van der Waals surface area (Å²) in [6.45, 7) is 3.70. The van der Waals surface area contributed by atoms with E-state index in [1.54, 1.807) is 0 Å². The molecule has 0 amide bonds. The zero-order chi connectivity index (χ0) is 13.1. The Labute approximate surface area is 116 Å². The van der Waals surface area contributed by atoms with Gasteiger partial charge in [0.25, 0.3) is 0 Å². The van der Waals surface area contributed by atoms with Gasteiger partial charge < -0.3 is 5.11 Å². The van der Waals surface area contributed by atoms with E-state index in [0.29, 0.717) is 12.6 Å². The Morgan fingerprint density at radius 1 is 1.50 bits per heavy atom. The quantitative estimate of drug-likeness (QED) is 0.927. The number of rotatable bonds is 4. The molecule has 1 aliphatic heterocycles. The van der Waals surface area contributed by atoms with Crippen LogP contribution in [0.5, 0.6) is 0 Å². The van der Waals surface area contributed by atoms with Gasteiger partial charge in [0.2, 0.25) is 0 Å². The second-order valence-electron chi connectivity index (χ2n) is 4.79. The number of halogens is 1. The van der Waals surface area contributed by atoms with Crippen LogP contribution in [0.15, 0.2) is 28.7 Å². The molecule has 0 aromatic heterocycles. The van der Waals surface area contributed by atoms with Crippen molar-refractivity contribution in [3.63, 3.8) is 0 Å². The summed E-state index contributed by atoms with van der Waals surface area (Å²) in [6.07, 6.45) is 1.77. The van der Waals surface area contributed by atoms with E-state index >= 15 is 0 Å². The predicted molar refractivity (Wildman–Crippen MR) is 74.5 cm³/mol. The third kappa shape index (κ3) is 2.93. The Morgan fingerprint density at radius 2 is 2.17 bits per heavy atom. The number of nitrogens with zero attached hydrogens (tertiary/aromatic N) is 1. The van der Waals surface area contributed by atoms with E-state index in [2.05, 4.69) is 39.9 Å². The van der Waals surface area contributed by atoms with Gasteiger partial charge in [-0.1, -0.05) is 35.0 Å². The first-order valence-electron chi connectivity index (χ1n) is 6.34. The van der Waals surface area contributed by atoms with E-state index in [-0.39, 0.29) is 5.92 Å². The number of carboxylic acid groups (broad SMARTS) is 1. The van der Waals surface area contributed by atoms with Crippen molar-refractivity contribution < 1.29 is 9.90 Å². The summed E-state index contributed by atoms with van der Waals surface area (Å²) in [4.78, 5) is 13.3. The van der Waals surface area contributed by atoms with Crippen molar-refractivity contribution in [1.82, 2.24) is 4.90 Å². The van der Waals surface area contributed by atoms with Gasteiger partial charge in [-0.05, 0) is 37.1 Å². The molecule has 1 fully saturated rings. The van der Waals surface area contributed by atoms with Crippen molar-refractivity contribution in [2.24, 2.45) is 5.92 Å². The maximum absolute atomic E-state index is 11.0. The molecule has 1 saturated heterocycles. The van der Waals surface area contributed by atoms with Gasteiger partial charge in [0, 0.05) is 17.1 Å². The van der Waals surface area contributed by atoms with Crippen molar-refractivity contribution in [3.8, 4) is 0 Å². The molecule has 1 aromatic rings. The Kier molecular flexibility index (Phi) is 4.40. The summed E-state index contributed by atoms with van der Waals surface area (Å²) in [5.74, 6) is -0.863. The molecule has 0 unspecified atom stereocenters. The number of carbonyl (C=O) groups is 1. The Balaban J connectivity index is 2.10. The van der Waals surface area contributed by atoms with Crippen LogP contribution < -0.4 is 0 Å². The van der Waals surface area contributed by atoms with Crippen LogP contribution in [0.25, 0.3) is 0 Å². The highest BCUT2D eigenvalue weighted by molar-refractivity contribution is 9.10. The first kappa shape index (κ1) is 13.6. The normalized spacial score (nSPS) is 22.0. The molecule has 0 radical (unpaired) electrons. The first-order valence-corrected chi connectivity index (χ1v) is 7.13. The van der Waals surface area contributed by atoms with Crippen LogP contribution in [0.4, 0.5) is 0 Å². The minimum atomic E-state index is -0.664. The molecule has 0 spiro atoms. The highest BCUT2D eigenvalue weighted by atomic mass is 79.9. The molecule has 4 heteroatoms. The molecule has 3 nitrogen and oxygen atoms in total. The van der Waals surface area contributed by atoms with E-state index in [9.17, 15) is 4.79 Å². The van der Waals surface area contributed by atoms with Crippen molar-refractivity contribution in [2.45, 2.75) is 25.8 Å². The lowest BCUT2D eigenvalue weighted by Gasteiger charge is -2.27. The van der Waals surface area contributed by atoms with Crippen molar-refractivity contribution >= 4 is 21.9 Å². The van der Waals surface area contributed by atoms with Gasteiger partial charge in [-0.3, -0.25) is 9.69 Å². The third-order valence-corrected chi connectivity index (χ3v) is 4.18. The molecule has 1 aliphatic rings. The molecule has 2 atom stereocenters. The summed E-state index contributed by atoms with van der Waals surface area (Å²) < 4.78 is 1.07. The van der Waals surface area contributed by atoms with Crippen molar-refractivity contribution in [3.05, 3.63) is 34.3 Å². The summed E-state index contributed by atoms with van der Waals surface area (Å²) in [5, 5.41) is 9.06. The lowest BCUT2D eigenvalue weighted by Crippen LogP contribution is -2.27.